The molecule has 1 aliphatic rings. The van der Waals surface area contributed by atoms with Crippen molar-refractivity contribution in [2.24, 2.45) is 0 Å². The monoisotopic (exact) mass is 331 g/mol. The molecule has 0 saturated carbocycles. The zero-order valence-electron chi connectivity index (χ0n) is 10.7. The highest BCUT2D eigenvalue weighted by molar-refractivity contribution is 6.44. The molecule has 1 heterocycles. The molecule has 1 fully saturated rings. The van der Waals surface area contributed by atoms with Crippen molar-refractivity contribution in [2.75, 3.05) is 6.54 Å². The number of carbonyl (C=O) groups is 2. The van der Waals surface area contributed by atoms with Crippen LogP contribution >= 0.6 is 23.2 Å². The maximum atomic E-state index is 12.1. The summed E-state index contributed by atoms with van der Waals surface area (Å²) >= 11 is 11.7. The summed E-state index contributed by atoms with van der Waals surface area (Å²) in [4.78, 5) is 33.9. The second-order valence-corrected chi connectivity index (χ2v) is 5.29. The minimum absolute atomic E-state index is 0.0871. The number of hydrogen-bond acceptors (Lipinski definition) is 4. The number of nitro benzene ring substituents is 1. The summed E-state index contributed by atoms with van der Waals surface area (Å²) in [6, 6.07) is 1.42. The lowest BCUT2D eigenvalue weighted by atomic mass is 10.1. The summed E-state index contributed by atoms with van der Waals surface area (Å²) in [5, 5.41) is 15.7. The fraction of sp³-hybridized carbons (Fsp3) is 0.333. The zero-order valence-corrected chi connectivity index (χ0v) is 12.2. The van der Waals surface area contributed by atoms with Crippen molar-refractivity contribution < 1.29 is 14.5 Å². The molecule has 1 aromatic rings. The van der Waals surface area contributed by atoms with Gasteiger partial charge in [-0.25, -0.2) is 0 Å². The van der Waals surface area contributed by atoms with Gasteiger partial charge in [-0.2, -0.15) is 0 Å². The molecule has 0 bridgehead atoms. The van der Waals surface area contributed by atoms with Gasteiger partial charge < -0.3 is 10.6 Å². The van der Waals surface area contributed by atoms with E-state index in [0.29, 0.717) is 13.0 Å². The van der Waals surface area contributed by atoms with E-state index >= 15 is 0 Å². The standard InChI is InChI=1S/C12H11Cl2N3O4/c13-8-5-6(17(20)21)4-7(10(8)14)11(18)16-9-2-1-3-15-12(9)19/h4-5,9H,1-3H2,(H,15,19)(H,16,18). The van der Waals surface area contributed by atoms with Crippen LogP contribution in [0.5, 0.6) is 0 Å². The van der Waals surface area contributed by atoms with Crippen LogP contribution in [0.4, 0.5) is 5.69 Å². The minimum atomic E-state index is -0.680. The Labute approximate surface area is 129 Å². The second kappa shape index (κ2) is 6.28. The van der Waals surface area contributed by atoms with Crippen LogP contribution in [0.15, 0.2) is 12.1 Å². The van der Waals surface area contributed by atoms with Gasteiger partial charge in [0.2, 0.25) is 5.91 Å². The lowest BCUT2D eigenvalue weighted by Gasteiger charge is -2.22. The van der Waals surface area contributed by atoms with Crippen LogP contribution in [-0.4, -0.2) is 29.3 Å². The number of amides is 2. The van der Waals surface area contributed by atoms with E-state index < -0.39 is 16.9 Å². The largest absolute Gasteiger partial charge is 0.354 e. The first-order valence-electron chi connectivity index (χ1n) is 6.12. The number of carbonyl (C=O) groups excluding carboxylic acids is 2. The first-order valence-corrected chi connectivity index (χ1v) is 6.87. The Balaban J connectivity index is 2.26. The molecule has 1 saturated heterocycles. The molecule has 1 aromatic carbocycles. The number of halogens is 2. The van der Waals surface area contributed by atoms with Crippen LogP contribution in [-0.2, 0) is 4.79 Å². The van der Waals surface area contributed by atoms with E-state index in [1.54, 1.807) is 0 Å². The van der Waals surface area contributed by atoms with Crippen LogP contribution < -0.4 is 10.6 Å². The summed E-state index contributed by atoms with van der Waals surface area (Å²) in [7, 11) is 0. The third kappa shape index (κ3) is 3.43. The van der Waals surface area contributed by atoms with Gasteiger partial charge in [-0.15, -0.1) is 0 Å². The van der Waals surface area contributed by atoms with Crippen molar-refractivity contribution in [1.29, 1.82) is 0 Å². The fourth-order valence-electron chi connectivity index (χ4n) is 1.99. The molecular weight excluding hydrogens is 321 g/mol. The van der Waals surface area contributed by atoms with Crippen LogP contribution in [0.1, 0.15) is 23.2 Å². The summed E-state index contributed by atoms with van der Waals surface area (Å²) < 4.78 is 0. The van der Waals surface area contributed by atoms with E-state index in [9.17, 15) is 19.7 Å². The van der Waals surface area contributed by atoms with Gasteiger partial charge in [-0.05, 0) is 12.8 Å². The highest BCUT2D eigenvalue weighted by atomic mass is 35.5. The van der Waals surface area contributed by atoms with Crippen molar-refractivity contribution in [3.63, 3.8) is 0 Å². The van der Waals surface area contributed by atoms with Gasteiger partial charge in [0.05, 0.1) is 20.5 Å². The molecule has 2 amide bonds. The minimum Gasteiger partial charge on any atom is -0.354 e. The molecule has 7 nitrogen and oxygen atoms in total. The zero-order chi connectivity index (χ0) is 15.6. The molecule has 1 unspecified atom stereocenters. The molecular formula is C12H11Cl2N3O4. The van der Waals surface area contributed by atoms with Crippen LogP contribution in [0, 0.1) is 10.1 Å². The Bertz CT molecular complexity index is 621. The Morgan fingerprint density at radius 3 is 2.76 bits per heavy atom. The van der Waals surface area contributed by atoms with Gasteiger partial charge >= 0.3 is 0 Å². The maximum Gasteiger partial charge on any atom is 0.271 e. The quantitative estimate of drug-likeness (QED) is 0.652. The normalized spacial score (nSPS) is 18.0. The van der Waals surface area contributed by atoms with E-state index in [4.69, 9.17) is 23.2 Å². The van der Waals surface area contributed by atoms with Crippen molar-refractivity contribution in [2.45, 2.75) is 18.9 Å². The SMILES string of the molecule is O=C(NC1CCCNC1=O)c1cc([N+](=O)[O-])cc(Cl)c1Cl. The second-order valence-electron chi connectivity index (χ2n) is 4.51. The van der Waals surface area contributed by atoms with Gasteiger partial charge in [0, 0.05) is 18.7 Å². The molecule has 0 radical (unpaired) electrons. The summed E-state index contributed by atoms with van der Waals surface area (Å²) in [6.45, 7) is 0.564. The number of benzene rings is 1. The van der Waals surface area contributed by atoms with Crippen LogP contribution in [0.2, 0.25) is 10.0 Å². The topological polar surface area (TPSA) is 101 Å². The Morgan fingerprint density at radius 2 is 2.14 bits per heavy atom. The molecule has 2 rings (SSSR count). The highest BCUT2D eigenvalue weighted by Crippen LogP contribution is 2.30. The van der Waals surface area contributed by atoms with E-state index in [1.165, 1.54) is 0 Å². The van der Waals surface area contributed by atoms with E-state index in [1.807, 2.05) is 0 Å². The lowest BCUT2D eigenvalue weighted by molar-refractivity contribution is -0.384. The molecule has 1 atom stereocenters. The number of nitrogens with one attached hydrogen (secondary N) is 2. The van der Waals surface area contributed by atoms with Crippen molar-refractivity contribution >= 4 is 40.7 Å². The van der Waals surface area contributed by atoms with Gasteiger partial charge in [0.1, 0.15) is 6.04 Å². The van der Waals surface area contributed by atoms with E-state index in [0.717, 1.165) is 18.6 Å². The molecule has 112 valence electrons. The molecule has 2 N–H and O–H groups in total. The summed E-state index contributed by atoms with van der Waals surface area (Å²) in [6.07, 6.45) is 1.23. The number of hydrogen-bond donors (Lipinski definition) is 2. The fourth-order valence-corrected chi connectivity index (χ4v) is 2.40. The Morgan fingerprint density at radius 1 is 1.43 bits per heavy atom. The number of nitro groups is 1. The lowest BCUT2D eigenvalue weighted by Crippen LogP contribution is -2.50. The van der Waals surface area contributed by atoms with Gasteiger partial charge in [-0.1, -0.05) is 23.2 Å². The molecule has 0 spiro atoms. The summed E-state index contributed by atoms with van der Waals surface area (Å²) in [5.41, 5.74) is -0.475. The van der Waals surface area contributed by atoms with Crippen LogP contribution in [0.3, 0.4) is 0 Å². The highest BCUT2D eigenvalue weighted by Gasteiger charge is 2.26. The van der Waals surface area contributed by atoms with Gasteiger partial charge in [-0.3, -0.25) is 19.7 Å². The predicted molar refractivity (Wildman–Crippen MR) is 76.6 cm³/mol. The Hall–Kier alpha value is -1.86. The predicted octanol–water partition coefficient (Wildman–Crippen LogP) is 1.91. The van der Waals surface area contributed by atoms with Gasteiger partial charge in [0.25, 0.3) is 11.6 Å². The molecule has 1 aliphatic heterocycles. The first kappa shape index (κ1) is 15.5. The smallest absolute Gasteiger partial charge is 0.271 e. The number of non-ortho nitro benzene ring substituents is 1. The number of nitrogens with zero attached hydrogens (tertiary/aromatic N) is 1. The molecule has 0 aromatic heterocycles. The third-order valence-corrected chi connectivity index (χ3v) is 3.86. The maximum absolute atomic E-state index is 12.1. The Kier molecular flexibility index (Phi) is 4.64. The summed E-state index contributed by atoms with van der Waals surface area (Å²) in [5.74, 6) is -0.963. The van der Waals surface area contributed by atoms with Gasteiger partial charge in [0.15, 0.2) is 0 Å². The number of rotatable bonds is 3. The molecule has 0 aliphatic carbocycles. The van der Waals surface area contributed by atoms with E-state index in [-0.39, 0.29) is 27.2 Å². The van der Waals surface area contributed by atoms with Crippen LogP contribution in [0.25, 0.3) is 0 Å². The van der Waals surface area contributed by atoms with E-state index in [2.05, 4.69) is 10.6 Å². The average Bonchev–Trinajstić information content (AvgIpc) is 2.43. The third-order valence-electron chi connectivity index (χ3n) is 3.06. The molecule has 21 heavy (non-hydrogen) atoms. The number of piperidine rings is 1. The molecule has 9 heteroatoms. The average molecular weight is 332 g/mol. The van der Waals surface area contributed by atoms with Crippen molar-refractivity contribution in [1.82, 2.24) is 10.6 Å². The van der Waals surface area contributed by atoms with Crippen molar-refractivity contribution in [3.8, 4) is 0 Å². The van der Waals surface area contributed by atoms with Crippen molar-refractivity contribution in [3.05, 3.63) is 37.9 Å². The first-order chi connectivity index (χ1) is 9.90.